The van der Waals surface area contributed by atoms with E-state index in [1.165, 1.54) is 12.5 Å². The number of aromatic nitrogens is 1. The van der Waals surface area contributed by atoms with Crippen LogP contribution in [0.5, 0.6) is 0 Å². The number of nitrogens with one attached hydrogen (secondary N) is 3. The fraction of sp³-hybridized carbons (Fsp3) is 0.464. The van der Waals surface area contributed by atoms with Crippen molar-refractivity contribution < 1.29 is 18.3 Å². The first-order chi connectivity index (χ1) is 16.7. The summed E-state index contributed by atoms with van der Waals surface area (Å²) in [7, 11) is 0. The predicted molar refractivity (Wildman–Crippen MR) is 135 cm³/mol. The summed E-state index contributed by atoms with van der Waals surface area (Å²) in [6, 6.07) is 6.94. The Hall–Kier alpha value is -3.09. The van der Waals surface area contributed by atoms with E-state index in [2.05, 4.69) is 15.6 Å². The molecule has 0 saturated heterocycles. The predicted octanol–water partition coefficient (Wildman–Crippen LogP) is 7.16. The van der Waals surface area contributed by atoms with Crippen LogP contribution in [0.2, 0.25) is 0 Å². The summed E-state index contributed by atoms with van der Waals surface area (Å²) >= 11 is 0. The number of aryl methyl sites for hydroxylation is 1. The van der Waals surface area contributed by atoms with Crippen molar-refractivity contribution >= 4 is 22.7 Å². The number of hydrogen-bond donors (Lipinski definition) is 3. The summed E-state index contributed by atoms with van der Waals surface area (Å²) in [5.41, 5.74) is 2.11. The topological polar surface area (TPSA) is 66.2 Å². The Kier molecular flexibility index (Phi) is 5.98. The summed E-state index contributed by atoms with van der Waals surface area (Å²) in [4.78, 5) is 15.9. The first-order valence-electron chi connectivity index (χ1n) is 12.5. The molecule has 1 aliphatic carbocycles. The molecule has 2 heterocycles. The molecule has 5 nitrogen and oxygen atoms in total. The van der Waals surface area contributed by atoms with E-state index in [4.69, 9.17) is 4.74 Å². The van der Waals surface area contributed by atoms with Crippen molar-refractivity contribution in [2.75, 3.05) is 5.32 Å². The molecular formula is C28H33F2N3O2. The number of carbonyl (C=O) groups is 1. The number of carbonyl (C=O) groups excluding carboxylic acids is 1. The molecule has 7 heteroatoms. The maximum atomic E-state index is 16.2. The van der Waals surface area contributed by atoms with Crippen molar-refractivity contribution in [3.8, 4) is 11.1 Å². The second kappa shape index (κ2) is 8.85. The van der Waals surface area contributed by atoms with Gasteiger partial charge in [0.15, 0.2) is 0 Å². The van der Waals surface area contributed by atoms with Crippen LogP contribution in [0.25, 0.3) is 22.0 Å². The normalized spacial score (nSPS) is 21.9. The molecule has 1 saturated carbocycles. The van der Waals surface area contributed by atoms with Gasteiger partial charge >= 0.3 is 6.09 Å². The van der Waals surface area contributed by atoms with Gasteiger partial charge in [0.05, 0.1) is 16.6 Å². The lowest BCUT2D eigenvalue weighted by Crippen LogP contribution is -2.53. The molecule has 35 heavy (non-hydrogen) atoms. The van der Waals surface area contributed by atoms with Gasteiger partial charge in [-0.05, 0) is 45.2 Å². The molecule has 3 N–H and O–H groups in total. The molecule has 1 aromatic heterocycles. The third kappa shape index (κ3) is 4.15. The molecule has 0 unspecified atom stereocenters. The molecular weight excluding hydrogens is 448 g/mol. The Labute approximate surface area is 204 Å². The summed E-state index contributed by atoms with van der Waals surface area (Å²) in [6.07, 6.45) is 5.98. The van der Waals surface area contributed by atoms with Crippen molar-refractivity contribution in [3.05, 3.63) is 53.2 Å². The third-order valence-corrected chi connectivity index (χ3v) is 7.69. The highest BCUT2D eigenvalue weighted by atomic mass is 19.1. The van der Waals surface area contributed by atoms with Gasteiger partial charge < -0.3 is 20.4 Å². The number of para-hydroxylation sites is 1. The van der Waals surface area contributed by atoms with Crippen LogP contribution in [-0.2, 0) is 4.74 Å². The number of alkyl carbamates (subject to hydrolysis) is 1. The monoisotopic (exact) mass is 481 g/mol. The van der Waals surface area contributed by atoms with Gasteiger partial charge in [-0.3, -0.25) is 0 Å². The lowest BCUT2D eigenvalue weighted by Gasteiger charge is -2.44. The van der Waals surface area contributed by atoms with Crippen molar-refractivity contribution in [1.82, 2.24) is 10.3 Å². The Bertz CT molecular complexity index is 1280. The maximum Gasteiger partial charge on any atom is 0.407 e. The number of rotatable bonds is 3. The molecule has 5 rings (SSSR count). The zero-order valence-corrected chi connectivity index (χ0v) is 20.7. The maximum absolute atomic E-state index is 16.2. The van der Waals surface area contributed by atoms with E-state index in [0.717, 1.165) is 36.6 Å². The quantitative estimate of drug-likeness (QED) is 0.372. The summed E-state index contributed by atoms with van der Waals surface area (Å²) in [6.45, 7) is 7.56. The fourth-order valence-electron chi connectivity index (χ4n) is 5.94. The van der Waals surface area contributed by atoms with Gasteiger partial charge in [-0.15, -0.1) is 0 Å². The van der Waals surface area contributed by atoms with Crippen LogP contribution in [0.1, 0.15) is 69.9 Å². The number of aromatic amines is 1. The van der Waals surface area contributed by atoms with E-state index >= 15 is 8.78 Å². The number of amides is 1. The zero-order chi connectivity index (χ0) is 24.9. The summed E-state index contributed by atoms with van der Waals surface area (Å²) < 4.78 is 37.5. The lowest BCUT2D eigenvalue weighted by atomic mass is 9.77. The molecule has 2 aromatic carbocycles. The number of hydrogen-bond acceptors (Lipinski definition) is 3. The smallest absolute Gasteiger partial charge is 0.407 e. The molecule has 1 fully saturated rings. The van der Waals surface area contributed by atoms with Crippen LogP contribution in [0.4, 0.5) is 19.3 Å². The zero-order valence-electron chi connectivity index (χ0n) is 20.7. The fourth-order valence-corrected chi connectivity index (χ4v) is 5.94. The van der Waals surface area contributed by atoms with Crippen LogP contribution >= 0.6 is 0 Å². The van der Waals surface area contributed by atoms with Crippen LogP contribution in [0, 0.1) is 18.6 Å². The Balaban J connectivity index is 1.51. The molecule has 1 aliphatic heterocycles. The van der Waals surface area contributed by atoms with E-state index < -0.39 is 35.3 Å². The Morgan fingerprint density at radius 3 is 2.66 bits per heavy atom. The van der Waals surface area contributed by atoms with E-state index in [9.17, 15) is 4.79 Å². The average molecular weight is 482 g/mol. The Morgan fingerprint density at radius 1 is 1.17 bits per heavy atom. The molecule has 1 amide bonds. The number of anilines is 1. The van der Waals surface area contributed by atoms with Crippen molar-refractivity contribution in [2.24, 2.45) is 0 Å². The van der Waals surface area contributed by atoms with Gasteiger partial charge in [0.2, 0.25) is 0 Å². The molecule has 0 spiro atoms. The van der Waals surface area contributed by atoms with E-state index in [1.54, 1.807) is 6.07 Å². The minimum absolute atomic E-state index is 0.0741. The molecule has 186 valence electrons. The summed E-state index contributed by atoms with van der Waals surface area (Å²) in [5.74, 6) is -1.75. The highest BCUT2D eigenvalue weighted by Crippen LogP contribution is 2.46. The highest BCUT2D eigenvalue weighted by Gasteiger charge is 2.45. The van der Waals surface area contributed by atoms with Gasteiger partial charge in [0.1, 0.15) is 17.7 Å². The highest BCUT2D eigenvalue weighted by molar-refractivity contribution is 5.96. The first kappa shape index (κ1) is 23.6. The molecule has 2 aliphatic rings. The number of ether oxygens (including phenoxy) is 1. The van der Waals surface area contributed by atoms with Crippen molar-refractivity contribution in [1.29, 1.82) is 0 Å². The minimum atomic E-state index is -0.715. The number of H-pyrrole nitrogens is 1. The van der Waals surface area contributed by atoms with Gasteiger partial charge in [-0.25, -0.2) is 13.6 Å². The molecule has 0 radical (unpaired) electrons. The van der Waals surface area contributed by atoms with Gasteiger partial charge in [0.25, 0.3) is 0 Å². The van der Waals surface area contributed by atoms with Crippen LogP contribution < -0.4 is 10.6 Å². The average Bonchev–Trinajstić information content (AvgIpc) is 3.18. The summed E-state index contributed by atoms with van der Waals surface area (Å²) in [5, 5.41) is 7.14. The van der Waals surface area contributed by atoms with Gasteiger partial charge in [0, 0.05) is 40.4 Å². The number of halogens is 2. The SMILES string of the molecule is Cc1c[nH]c2c(-c3c(F)cc4c(c3F)[C@H](C)[C@@H](OC(=O)NC3CCCCC3)C(C)(C)N4)cccc12. The van der Waals surface area contributed by atoms with E-state index in [1.807, 2.05) is 46.0 Å². The molecule has 0 bridgehead atoms. The third-order valence-electron chi connectivity index (χ3n) is 7.69. The van der Waals surface area contributed by atoms with Crippen molar-refractivity contribution in [3.63, 3.8) is 0 Å². The molecule has 2 atom stereocenters. The standard InChI is InChI=1S/C28H33F2N3O2/c1-15-14-31-25-18(15)11-8-12-19(25)23-20(29)13-21-22(24(23)30)16(2)26(28(3,4)33-21)35-27(34)32-17-9-6-5-7-10-17/h8,11-14,16-17,26,31,33H,5-7,9-10H2,1-4H3,(H,32,34)/t16-,26+/m0/s1. The lowest BCUT2D eigenvalue weighted by molar-refractivity contribution is 0.0438. The molecule has 3 aromatic rings. The first-order valence-corrected chi connectivity index (χ1v) is 12.5. The minimum Gasteiger partial charge on any atom is -0.443 e. The second-order valence-electron chi connectivity index (χ2n) is 10.6. The number of fused-ring (bicyclic) bond motifs is 2. The van der Waals surface area contributed by atoms with Crippen molar-refractivity contribution in [2.45, 2.75) is 83.4 Å². The van der Waals surface area contributed by atoms with Crippen LogP contribution in [0.15, 0.2) is 30.5 Å². The van der Waals surface area contributed by atoms with Gasteiger partial charge in [-0.1, -0.05) is 44.4 Å². The van der Waals surface area contributed by atoms with E-state index in [0.29, 0.717) is 22.3 Å². The number of benzene rings is 2. The van der Waals surface area contributed by atoms with E-state index in [-0.39, 0.29) is 11.6 Å². The van der Waals surface area contributed by atoms with Crippen LogP contribution in [0.3, 0.4) is 0 Å². The van der Waals surface area contributed by atoms with Gasteiger partial charge in [-0.2, -0.15) is 0 Å². The Morgan fingerprint density at radius 2 is 1.91 bits per heavy atom. The van der Waals surface area contributed by atoms with Crippen LogP contribution in [-0.4, -0.2) is 28.8 Å². The second-order valence-corrected chi connectivity index (χ2v) is 10.6. The largest absolute Gasteiger partial charge is 0.443 e.